The van der Waals surface area contributed by atoms with Gasteiger partial charge in [0.05, 0.1) is 5.56 Å². The van der Waals surface area contributed by atoms with Gasteiger partial charge in [0.15, 0.2) is 5.65 Å². The quantitative estimate of drug-likeness (QED) is 0.383. The molecule has 5 rings (SSSR count). The summed E-state index contributed by atoms with van der Waals surface area (Å²) >= 11 is 0. The van der Waals surface area contributed by atoms with Crippen molar-refractivity contribution in [2.45, 2.75) is 44.1 Å². The van der Waals surface area contributed by atoms with Crippen LogP contribution in [-0.2, 0) is 12.7 Å². The van der Waals surface area contributed by atoms with Gasteiger partial charge in [0, 0.05) is 44.3 Å². The molecule has 0 aliphatic heterocycles. The molecule has 0 radical (unpaired) electrons. The van der Waals surface area contributed by atoms with E-state index in [1.807, 2.05) is 12.1 Å². The molecule has 1 amide bonds. The number of nitrogens with one attached hydrogen (secondary N) is 2. The van der Waals surface area contributed by atoms with Crippen LogP contribution >= 0.6 is 0 Å². The van der Waals surface area contributed by atoms with E-state index >= 15 is 0 Å². The van der Waals surface area contributed by atoms with Crippen molar-refractivity contribution in [2.75, 3.05) is 17.7 Å². The van der Waals surface area contributed by atoms with E-state index < -0.39 is 11.7 Å². The van der Waals surface area contributed by atoms with Gasteiger partial charge in [0.2, 0.25) is 5.95 Å². The van der Waals surface area contributed by atoms with Gasteiger partial charge in [0.1, 0.15) is 11.5 Å². The molecule has 0 spiro atoms. The van der Waals surface area contributed by atoms with Crippen molar-refractivity contribution in [3.05, 3.63) is 77.9 Å². The minimum atomic E-state index is -4.43. The average Bonchev–Trinajstić information content (AvgIpc) is 3.50. The fourth-order valence-corrected chi connectivity index (χ4v) is 4.39. The summed E-state index contributed by atoms with van der Waals surface area (Å²) in [5.41, 5.74) is 0.677. The van der Waals surface area contributed by atoms with Crippen LogP contribution < -0.4 is 10.6 Å². The molecule has 0 aromatic carbocycles. The van der Waals surface area contributed by atoms with Crippen LogP contribution in [0.15, 0.2) is 61.1 Å². The van der Waals surface area contributed by atoms with Gasteiger partial charge in [-0.05, 0) is 55.2 Å². The maximum atomic E-state index is 12.9. The molecule has 4 aromatic heterocycles. The van der Waals surface area contributed by atoms with Gasteiger partial charge < -0.3 is 15.5 Å². The first-order valence-electron chi connectivity index (χ1n) is 11.8. The number of aromatic nitrogens is 5. The molecule has 4 heterocycles. The number of carbonyl (C=O) groups is 1. The van der Waals surface area contributed by atoms with Crippen LogP contribution in [0.4, 0.5) is 24.9 Å². The Bertz CT molecular complexity index is 1370. The van der Waals surface area contributed by atoms with Crippen LogP contribution in [0.1, 0.15) is 40.9 Å². The van der Waals surface area contributed by atoms with Gasteiger partial charge in [-0.3, -0.25) is 9.78 Å². The van der Waals surface area contributed by atoms with E-state index in [-0.39, 0.29) is 23.6 Å². The molecule has 1 aliphatic rings. The molecule has 0 unspecified atom stereocenters. The lowest BCUT2D eigenvalue weighted by Crippen LogP contribution is -2.27. The van der Waals surface area contributed by atoms with E-state index in [1.54, 1.807) is 42.5 Å². The number of anilines is 2. The number of hydrogen-bond donors (Lipinski definition) is 2. The zero-order valence-electron chi connectivity index (χ0n) is 20.0. The summed E-state index contributed by atoms with van der Waals surface area (Å²) in [4.78, 5) is 26.9. The molecule has 0 saturated heterocycles. The number of rotatable bonds is 7. The zero-order chi connectivity index (χ0) is 26.0. The van der Waals surface area contributed by atoms with Crippen molar-refractivity contribution in [2.24, 2.45) is 0 Å². The standard InChI is InChI=1S/C25H25F3N8O/c1-35(23(37)20-4-2-3-10-29-20)15-16-5-8-21(30-14-16)31-18-6-7-19(13-18)32-24-33-22-12-17(25(26,27)28)9-11-36(22)34-24/h2-5,8-12,14,18-19H,6-7,13,15H2,1H3,(H,30,31)(H,32,34)/t18-,19-/m0/s1. The lowest BCUT2D eigenvalue weighted by atomic mass is 10.2. The van der Waals surface area contributed by atoms with Gasteiger partial charge in [-0.1, -0.05) is 12.1 Å². The number of alkyl halides is 3. The maximum Gasteiger partial charge on any atom is 0.416 e. The van der Waals surface area contributed by atoms with Crippen LogP contribution in [0.2, 0.25) is 0 Å². The Morgan fingerprint density at radius 1 is 1.11 bits per heavy atom. The molecule has 1 aliphatic carbocycles. The molecular formula is C25H25F3N8O. The molecule has 192 valence electrons. The second kappa shape index (κ2) is 10.0. The third kappa shape index (κ3) is 5.79. The van der Waals surface area contributed by atoms with Crippen LogP contribution in [-0.4, -0.2) is 54.5 Å². The zero-order valence-corrected chi connectivity index (χ0v) is 20.0. The van der Waals surface area contributed by atoms with Crippen LogP contribution in [0, 0.1) is 0 Å². The predicted octanol–water partition coefficient (Wildman–Crippen LogP) is 4.26. The lowest BCUT2D eigenvalue weighted by molar-refractivity contribution is -0.137. The molecule has 1 fully saturated rings. The van der Waals surface area contributed by atoms with Crippen molar-refractivity contribution in [1.29, 1.82) is 0 Å². The molecule has 37 heavy (non-hydrogen) atoms. The topological polar surface area (TPSA) is 100 Å². The summed E-state index contributed by atoms with van der Waals surface area (Å²) in [6.07, 6.45) is 2.71. The highest BCUT2D eigenvalue weighted by atomic mass is 19.4. The third-order valence-corrected chi connectivity index (χ3v) is 6.26. The monoisotopic (exact) mass is 510 g/mol. The molecule has 12 heteroatoms. The fraction of sp³-hybridized carbons (Fsp3) is 0.320. The number of halogens is 3. The highest BCUT2D eigenvalue weighted by Crippen LogP contribution is 2.30. The normalized spacial score (nSPS) is 17.6. The Morgan fingerprint density at radius 2 is 1.92 bits per heavy atom. The van der Waals surface area contributed by atoms with Crippen LogP contribution in [0.25, 0.3) is 5.65 Å². The molecule has 4 aromatic rings. The third-order valence-electron chi connectivity index (χ3n) is 6.26. The lowest BCUT2D eigenvalue weighted by Gasteiger charge is -2.17. The minimum Gasteiger partial charge on any atom is -0.367 e. The van der Waals surface area contributed by atoms with Gasteiger partial charge in [-0.2, -0.15) is 18.2 Å². The number of pyridine rings is 3. The fourth-order valence-electron chi connectivity index (χ4n) is 4.39. The van der Waals surface area contributed by atoms with Crippen molar-refractivity contribution in [1.82, 2.24) is 29.5 Å². The van der Waals surface area contributed by atoms with E-state index in [0.717, 1.165) is 42.8 Å². The largest absolute Gasteiger partial charge is 0.416 e. The number of amides is 1. The Morgan fingerprint density at radius 3 is 2.62 bits per heavy atom. The van der Waals surface area contributed by atoms with Gasteiger partial charge in [-0.25, -0.2) is 9.50 Å². The number of hydrogen-bond acceptors (Lipinski definition) is 7. The first-order valence-corrected chi connectivity index (χ1v) is 11.8. The Kier molecular flexibility index (Phi) is 6.64. The number of fused-ring (bicyclic) bond motifs is 1. The SMILES string of the molecule is CN(Cc1ccc(N[C@H]2CC[C@H](Nc3nc4cc(C(F)(F)F)ccn4n3)C2)nc1)C(=O)c1ccccn1. The molecule has 1 saturated carbocycles. The number of carbonyl (C=O) groups excluding carboxylic acids is 1. The summed E-state index contributed by atoms with van der Waals surface area (Å²) in [6.45, 7) is 0.411. The molecule has 2 atom stereocenters. The van der Waals surface area contributed by atoms with Crippen LogP contribution in [0.3, 0.4) is 0 Å². The highest BCUT2D eigenvalue weighted by Gasteiger charge is 2.31. The molecule has 0 bridgehead atoms. The van der Waals surface area contributed by atoms with E-state index in [4.69, 9.17) is 0 Å². The van der Waals surface area contributed by atoms with Crippen LogP contribution in [0.5, 0.6) is 0 Å². The van der Waals surface area contributed by atoms with Gasteiger partial charge in [0.25, 0.3) is 5.91 Å². The van der Waals surface area contributed by atoms with E-state index in [0.29, 0.717) is 18.2 Å². The first-order chi connectivity index (χ1) is 17.7. The van der Waals surface area contributed by atoms with E-state index in [2.05, 4.69) is 30.7 Å². The van der Waals surface area contributed by atoms with Gasteiger partial charge in [-0.15, -0.1) is 5.10 Å². The second-order valence-corrected chi connectivity index (χ2v) is 9.07. The first kappa shape index (κ1) is 24.5. The molecule has 9 nitrogen and oxygen atoms in total. The Balaban J connectivity index is 1.13. The minimum absolute atomic E-state index is 0.0857. The second-order valence-electron chi connectivity index (χ2n) is 9.07. The van der Waals surface area contributed by atoms with Crippen molar-refractivity contribution < 1.29 is 18.0 Å². The molecular weight excluding hydrogens is 485 g/mol. The van der Waals surface area contributed by atoms with E-state index in [1.165, 1.54) is 10.7 Å². The summed E-state index contributed by atoms with van der Waals surface area (Å²) in [5, 5.41) is 10.9. The average molecular weight is 511 g/mol. The Labute approximate surface area is 210 Å². The van der Waals surface area contributed by atoms with Crippen molar-refractivity contribution >= 4 is 23.3 Å². The summed E-state index contributed by atoms with van der Waals surface area (Å²) in [7, 11) is 1.72. The van der Waals surface area contributed by atoms with Gasteiger partial charge >= 0.3 is 6.18 Å². The predicted molar refractivity (Wildman–Crippen MR) is 131 cm³/mol. The Hall–Kier alpha value is -4.22. The summed E-state index contributed by atoms with van der Waals surface area (Å²) in [5.74, 6) is 0.878. The smallest absolute Gasteiger partial charge is 0.367 e. The van der Waals surface area contributed by atoms with E-state index in [9.17, 15) is 18.0 Å². The van der Waals surface area contributed by atoms with Crippen molar-refractivity contribution in [3.8, 4) is 0 Å². The molecule has 2 N–H and O–H groups in total. The highest BCUT2D eigenvalue weighted by molar-refractivity contribution is 5.91. The summed E-state index contributed by atoms with van der Waals surface area (Å²) < 4.78 is 40.2. The summed E-state index contributed by atoms with van der Waals surface area (Å²) in [6, 6.07) is 11.3. The number of nitrogens with zero attached hydrogens (tertiary/aromatic N) is 6. The van der Waals surface area contributed by atoms with Crippen molar-refractivity contribution in [3.63, 3.8) is 0 Å². The maximum absolute atomic E-state index is 12.9.